The number of aryl methyl sites for hydroxylation is 2. The molecule has 1 fully saturated rings. The molecule has 1 aliphatic rings. The minimum Gasteiger partial charge on any atom is -0.390 e. The average Bonchev–Trinajstić information content (AvgIpc) is 2.81. The Hall–Kier alpha value is -0.870. The van der Waals surface area contributed by atoms with Crippen LogP contribution in [0.1, 0.15) is 57.3 Å². The average molecular weight is 280 g/mol. The van der Waals surface area contributed by atoms with Gasteiger partial charge < -0.3 is 9.84 Å². The van der Waals surface area contributed by atoms with Crippen molar-refractivity contribution >= 4 is 0 Å². The maximum absolute atomic E-state index is 10.7. The molecule has 0 aromatic carbocycles. The van der Waals surface area contributed by atoms with E-state index < -0.39 is 6.10 Å². The van der Waals surface area contributed by atoms with E-state index in [1.165, 1.54) is 6.42 Å². The molecule has 0 aliphatic heterocycles. The maximum Gasteiger partial charge on any atom is 0.0943 e. The zero-order chi connectivity index (χ0) is 14.6. The molecule has 0 radical (unpaired) electrons. The number of aliphatic hydroxyl groups excluding tert-OH is 1. The Kier molecular flexibility index (Phi) is 5.22. The van der Waals surface area contributed by atoms with Gasteiger partial charge in [0.1, 0.15) is 0 Å². The molecule has 0 saturated heterocycles. The van der Waals surface area contributed by atoms with E-state index in [-0.39, 0.29) is 5.60 Å². The first-order valence-corrected chi connectivity index (χ1v) is 7.95. The van der Waals surface area contributed by atoms with Gasteiger partial charge in [-0.1, -0.05) is 26.2 Å². The van der Waals surface area contributed by atoms with Crippen LogP contribution in [-0.4, -0.2) is 33.2 Å². The van der Waals surface area contributed by atoms with Gasteiger partial charge in [-0.3, -0.25) is 4.68 Å². The molecule has 0 spiro atoms. The Bertz CT molecular complexity index is 417. The Balaban J connectivity index is 2.11. The van der Waals surface area contributed by atoms with Crippen LogP contribution in [0.4, 0.5) is 0 Å². The van der Waals surface area contributed by atoms with Crippen LogP contribution in [0.15, 0.2) is 6.07 Å². The molecule has 4 heteroatoms. The molecule has 1 aliphatic carbocycles. The van der Waals surface area contributed by atoms with E-state index >= 15 is 0 Å². The summed E-state index contributed by atoms with van der Waals surface area (Å²) < 4.78 is 7.89. The molecule has 0 bridgehead atoms. The Labute approximate surface area is 122 Å². The normalized spacial score (nSPS) is 20.0. The fourth-order valence-electron chi connectivity index (χ4n) is 3.33. The SMILES string of the molecule is CCOC1(C(O)Cc2cc(CC)nn2C)CCCCC1. The van der Waals surface area contributed by atoms with E-state index in [2.05, 4.69) is 18.1 Å². The highest BCUT2D eigenvalue weighted by Crippen LogP contribution is 2.35. The zero-order valence-electron chi connectivity index (χ0n) is 13.1. The summed E-state index contributed by atoms with van der Waals surface area (Å²) in [7, 11) is 1.95. The minimum absolute atomic E-state index is 0.344. The predicted molar refractivity (Wildman–Crippen MR) is 79.7 cm³/mol. The van der Waals surface area contributed by atoms with Gasteiger partial charge in [-0.05, 0) is 32.3 Å². The maximum atomic E-state index is 10.7. The summed E-state index contributed by atoms with van der Waals surface area (Å²) in [6, 6.07) is 2.10. The lowest BCUT2D eigenvalue weighted by molar-refractivity contribution is -0.139. The second kappa shape index (κ2) is 6.72. The van der Waals surface area contributed by atoms with Gasteiger partial charge in [0.25, 0.3) is 0 Å². The molecule has 1 aromatic heterocycles. The van der Waals surface area contributed by atoms with Crippen molar-refractivity contribution in [2.24, 2.45) is 7.05 Å². The van der Waals surface area contributed by atoms with Crippen molar-refractivity contribution in [3.63, 3.8) is 0 Å². The van der Waals surface area contributed by atoms with Crippen molar-refractivity contribution in [1.29, 1.82) is 0 Å². The lowest BCUT2D eigenvalue weighted by Crippen LogP contribution is -2.47. The van der Waals surface area contributed by atoms with Gasteiger partial charge >= 0.3 is 0 Å². The summed E-state index contributed by atoms with van der Waals surface area (Å²) in [5.41, 5.74) is 1.84. The fraction of sp³-hybridized carbons (Fsp3) is 0.812. The number of hydrogen-bond acceptors (Lipinski definition) is 3. The summed E-state index contributed by atoms with van der Waals surface area (Å²) in [6.45, 7) is 4.79. The predicted octanol–water partition coefficient (Wildman–Crippen LogP) is 2.63. The first-order valence-electron chi connectivity index (χ1n) is 7.95. The van der Waals surface area contributed by atoms with E-state index in [4.69, 9.17) is 4.74 Å². The van der Waals surface area contributed by atoms with Crippen LogP contribution in [0, 0.1) is 0 Å². The lowest BCUT2D eigenvalue weighted by atomic mass is 9.79. The Morgan fingerprint density at radius 3 is 2.60 bits per heavy atom. The summed E-state index contributed by atoms with van der Waals surface area (Å²) >= 11 is 0. The van der Waals surface area contributed by atoms with Gasteiger partial charge in [-0.2, -0.15) is 5.10 Å². The van der Waals surface area contributed by atoms with Crippen molar-refractivity contribution < 1.29 is 9.84 Å². The number of hydrogen-bond donors (Lipinski definition) is 1. The lowest BCUT2D eigenvalue weighted by Gasteiger charge is -2.40. The second-order valence-electron chi connectivity index (χ2n) is 5.88. The van der Waals surface area contributed by atoms with Crippen LogP contribution in [0.5, 0.6) is 0 Å². The highest BCUT2D eigenvalue weighted by molar-refractivity contribution is 5.12. The molecule has 4 nitrogen and oxygen atoms in total. The molecule has 1 heterocycles. The van der Waals surface area contributed by atoms with Gasteiger partial charge in [-0.15, -0.1) is 0 Å². The van der Waals surface area contributed by atoms with Crippen LogP contribution in [0.25, 0.3) is 0 Å². The van der Waals surface area contributed by atoms with E-state index in [0.29, 0.717) is 13.0 Å². The molecular formula is C16H28N2O2. The molecule has 2 rings (SSSR count). The second-order valence-corrected chi connectivity index (χ2v) is 5.88. The van der Waals surface area contributed by atoms with E-state index in [0.717, 1.165) is 43.5 Å². The third-order valence-electron chi connectivity index (χ3n) is 4.53. The van der Waals surface area contributed by atoms with Gasteiger partial charge in [0.15, 0.2) is 0 Å². The number of ether oxygens (including phenoxy) is 1. The molecule has 1 N–H and O–H groups in total. The van der Waals surface area contributed by atoms with Crippen molar-refractivity contribution in [3.05, 3.63) is 17.5 Å². The topological polar surface area (TPSA) is 47.3 Å². The number of aromatic nitrogens is 2. The highest BCUT2D eigenvalue weighted by atomic mass is 16.5. The van der Waals surface area contributed by atoms with E-state index in [9.17, 15) is 5.11 Å². The van der Waals surface area contributed by atoms with Crippen LogP contribution in [-0.2, 0) is 24.6 Å². The Morgan fingerprint density at radius 1 is 1.35 bits per heavy atom. The van der Waals surface area contributed by atoms with E-state index in [1.54, 1.807) is 0 Å². The summed E-state index contributed by atoms with van der Waals surface area (Å²) in [5.74, 6) is 0. The molecule has 1 aromatic rings. The molecule has 20 heavy (non-hydrogen) atoms. The first-order chi connectivity index (χ1) is 9.61. The quantitative estimate of drug-likeness (QED) is 0.871. The molecule has 1 saturated carbocycles. The first kappa shape index (κ1) is 15.5. The van der Waals surface area contributed by atoms with Gasteiger partial charge in [0, 0.05) is 25.8 Å². The van der Waals surface area contributed by atoms with Crippen molar-refractivity contribution in [2.45, 2.75) is 70.5 Å². The van der Waals surface area contributed by atoms with Gasteiger partial charge in [0.05, 0.1) is 17.4 Å². The van der Waals surface area contributed by atoms with Gasteiger partial charge in [-0.25, -0.2) is 0 Å². The van der Waals surface area contributed by atoms with Crippen LogP contribution >= 0.6 is 0 Å². The molecule has 1 atom stereocenters. The van der Waals surface area contributed by atoms with Crippen LogP contribution in [0.2, 0.25) is 0 Å². The minimum atomic E-state index is -0.442. The molecule has 1 unspecified atom stereocenters. The third kappa shape index (κ3) is 3.23. The summed E-state index contributed by atoms with van der Waals surface area (Å²) in [6.07, 6.45) is 6.63. The Morgan fingerprint density at radius 2 is 2.05 bits per heavy atom. The van der Waals surface area contributed by atoms with E-state index in [1.807, 2.05) is 18.7 Å². The van der Waals surface area contributed by atoms with Crippen molar-refractivity contribution in [2.75, 3.05) is 6.61 Å². The summed E-state index contributed by atoms with van der Waals surface area (Å²) in [4.78, 5) is 0. The zero-order valence-corrected chi connectivity index (χ0v) is 13.1. The number of rotatable bonds is 6. The molecule has 114 valence electrons. The van der Waals surface area contributed by atoms with Crippen molar-refractivity contribution in [1.82, 2.24) is 9.78 Å². The van der Waals surface area contributed by atoms with Crippen molar-refractivity contribution in [3.8, 4) is 0 Å². The fourth-order valence-corrected chi connectivity index (χ4v) is 3.33. The largest absolute Gasteiger partial charge is 0.390 e. The monoisotopic (exact) mass is 280 g/mol. The molecule has 0 amide bonds. The highest BCUT2D eigenvalue weighted by Gasteiger charge is 2.40. The number of nitrogens with zero attached hydrogens (tertiary/aromatic N) is 2. The third-order valence-corrected chi connectivity index (χ3v) is 4.53. The molecular weight excluding hydrogens is 252 g/mol. The van der Waals surface area contributed by atoms with Gasteiger partial charge in [0.2, 0.25) is 0 Å². The standard InChI is InChI=1S/C16H28N2O2/c1-4-13-11-14(18(3)17-13)12-15(19)16(20-5-2)9-7-6-8-10-16/h11,15,19H,4-10,12H2,1-3H3. The van der Waals surface area contributed by atoms with Crippen LogP contribution in [0.3, 0.4) is 0 Å². The number of aliphatic hydroxyl groups is 1. The summed E-state index contributed by atoms with van der Waals surface area (Å²) in [5, 5.41) is 15.2. The smallest absolute Gasteiger partial charge is 0.0943 e. The van der Waals surface area contributed by atoms with Crippen LogP contribution < -0.4 is 0 Å².